The summed E-state index contributed by atoms with van der Waals surface area (Å²) in [6.07, 6.45) is 2.66. The van der Waals surface area contributed by atoms with Gasteiger partial charge in [0, 0.05) is 19.1 Å². The maximum absolute atomic E-state index is 12.4. The van der Waals surface area contributed by atoms with Crippen LogP contribution in [-0.4, -0.2) is 37.9 Å². The molecule has 6 heteroatoms. The Balaban J connectivity index is 1.60. The lowest BCUT2D eigenvalue weighted by molar-refractivity contribution is -0.129. The Morgan fingerprint density at radius 2 is 2.09 bits per heavy atom. The average Bonchev–Trinajstić information content (AvgIpc) is 3.01. The molecule has 0 saturated heterocycles. The fourth-order valence-electron chi connectivity index (χ4n) is 2.62. The largest absolute Gasteiger partial charge is 0.337 e. The van der Waals surface area contributed by atoms with Gasteiger partial charge in [-0.15, -0.1) is 10.2 Å². The summed E-state index contributed by atoms with van der Waals surface area (Å²) in [5.41, 5.74) is 2.62. The van der Waals surface area contributed by atoms with E-state index >= 15 is 0 Å². The molecule has 1 amide bonds. The van der Waals surface area contributed by atoms with E-state index < -0.39 is 0 Å². The van der Waals surface area contributed by atoms with E-state index in [1.54, 1.807) is 6.33 Å². The van der Waals surface area contributed by atoms with Crippen LogP contribution in [0.25, 0.3) is 0 Å². The standard InChI is InChI=1S/C16H20N4OS/c1-12(2)20-11-17-18-16(20)22-10-15(21)19-8-7-13-5-3-4-6-14(13)9-19/h3-6,11-12H,7-10H2,1-2H3. The molecule has 2 aromatic rings. The lowest BCUT2D eigenvalue weighted by Crippen LogP contribution is -2.37. The van der Waals surface area contributed by atoms with Crippen LogP contribution in [-0.2, 0) is 17.8 Å². The number of hydrogen-bond acceptors (Lipinski definition) is 4. The number of hydrogen-bond donors (Lipinski definition) is 0. The molecule has 1 aromatic carbocycles. The van der Waals surface area contributed by atoms with Gasteiger partial charge in [0.1, 0.15) is 6.33 Å². The summed E-state index contributed by atoms with van der Waals surface area (Å²) in [6, 6.07) is 8.65. The van der Waals surface area contributed by atoms with Crippen molar-refractivity contribution in [2.24, 2.45) is 0 Å². The molecule has 1 aliphatic heterocycles. The normalized spacial score (nSPS) is 14.2. The van der Waals surface area contributed by atoms with Crippen LogP contribution >= 0.6 is 11.8 Å². The zero-order chi connectivity index (χ0) is 15.5. The fourth-order valence-corrected chi connectivity index (χ4v) is 3.56. The van der Waals surface area contributed by atoms with Crippen molar-refractivity contribution in [1.29, 1.82) is 0 Å². The molecular formula is C16H20N4OS. The molecule has 0 spiro atoms. The Kier molecular flexibility index (Phi) is 4.47. The molecule has 0 saturated carbocycles. The van der Waals surface area contributed by atoms with Gasteiger partial charge in [0.25, 0.3) is 0 Å². The number of aromatic nitrogens is 3. The zero-order valence-corrected chi connectivity index (χ0v) is 13.7. The van der Waals surface area contributed by atoms with E-state index in [1.807, 2.05) is 15.5 Å². The first-order valence-electron chi connectivity index (χ1n) is 7.52. The molecule has 0 unspecified atom stereocenters. The summed E-state index contributed by atoms with van der Waals surface area (Å²) in [5, 5.41) is 8.83. The van der Waals surface area contributed by atoms with Crippen molar-refractivity contribution >= 4 is 17.7 Å². The van der Waals surface area contributed by atoms with Crippen LogP contribution in [0.1, 0.15) is 31.0 Å². The first-order chi connectivity index (χ1) is 10.6. The van der Waals surface area contributed by atoms with E-state index in [4.69, 9.17) is 0 Å². The molecule has 116 valence electrons. The van der Waals surface area contributed by atoms with Gasteiger partial charge < -0.3 is 9.47 Å². The van der Waals surface area contributed by atoms with Gasteiger partial charge in [-0.05, 0) is 31.4 Å². The van der Waals surface area contributed by atoms with E-state index in [0.29, 0.717) is 18.3 Å². The third-order valence-electron chi connectivity index (χ3n) is 3.90. The summed E-state index contributed by atoms with van der Waals surface area (Å²) >= 11 is 1.46. The zero-order valence-electron chi connectivity index (χ0n) is 12.9. The Bertz CT molecular complexity index is 668. The highest BCUT2D eigenvalue weighted by atomic mass is 32.2. The van der Waals surface area contributed by atoms with Crippen molar-refractivity contribution in [3.05, 3.63) is 41.7 Å². The van der Waals surface area contributed by atoms with Gasteiger partial charge in [-0.1, -0.05) is 36.0 Å². The molecule has 0 radical (unpaired) electrons. The van der Waals surface area contributed by atoms with Crippen molar-refractivity contribution in [2.45, 2.75) is 38.0 Å². The van der Waals surface area contributed by atoms with Crippen LogP contribution < -0.4 is 0 Å². The number of carbonyl (C=O) groups excluding carboxylic acids is 1. The number of rotatable bonds is 4. The minimum Gasteiger partial charge on any atom is -0.337 e. The van der Waals surface area contributed by atoms with Crippen molar-refractivity contribution in [3.8, 4) is 0 Å². The molecular weight excluding hydrogens is 296 g/mol. The van der Waals surface area contributed by atoms with E-state index in [2.05, 4.69) is 42.2 Å². The van der Waals surface area contributed by atoms with Crippen LogP contribution in [0, 0.1) is 0 Å². The van der Waals surface area contributed by atoms with Crippen molar-refractivity contribution in [1.82, 2.24) is 19.7 Å². The second kappa shape index (κ2) is 6.52. The molecule has 0 aliphatic carbocycles. The van der Waals surface area contributed by atoms with Gasteiger partial charge in [0.15, 0.2) is 5.16 Å². The highest BCUT2D eigenvalue weighted by Crippen LogP contribution is 2.22. The van der Waals surface area contributed by atoms with Gasteiger partial charge in [-0.3, -0.25) is 4.79 Å². The average molecular weight is 316 g/mol. The summed E-state index contributed by atoms with van der Waals surface area (Å²) in [5.74, 6) is 0.575. The summed E-state index contributed by atoms with van der Waals surface area (Å²) in [7, 11) is 0. The van der Waals surface area contributed by atoms with E-state index in [-0.39, 0.29) is 5.91 Å². The van der Waals surface area contributed by atoms with Gasteiger partial charge in [-0.25, -0.2) is 0 Å². The molecule has 1 aromatic heterocycles. The molecule has 1 aliphatic rings. The van der Waals surface area contributed by atoms with Crippen molar-refractivity contribution in [3.63, 3.8) is 0 Å². The topological polar surface area (TPSA) is 51.0 Å². The number of amides is 1. The summed E-state index contributed by atoms with van der Waals surface area (Å²) in [4.78, 5) is 14.4. The molecule has 0 atom stereocenters. The predicted molar refractivity (Wildman–Crippen MR) is 86.7 cm³/mol. The van der Waals surface area contributed by atoms with E-state index in [9.17, 15) is 4.79 Å². The van der Waals surface area contributed by atoms with Gasteiger partial charge in [0.2, 0.25) is 5.91 Å². The summed E-state index contributed by atoms with van der Waals surface area (Å²) < 4.78 is 1.99. The minimum absolute atomic E-state index is 0.165. The van der Waals surface area contributed by atoms with Gasteiger partial charge in [0.05, 0.1) is 5.75 Å². The predicted octanol–water partition coefficient (Wildman–Crippen LogP) is 2.54. The van der Waals surface area contributed by atoms with Crippen LogP contribution in [0.5, 0.6) is 0 Å². The molecule has 0 bridgehead atoms. The lowest BCUT2D eigenvalue weighted by Gasteiger charge is -2.28. The smallest absolute Gasteiger partial charge is 0.233 e. The third kappa shape index (κ3) is 3.16. The maximum atomic E-state index is 12.4. The molecule has 22 heavy (non-hydrogen) atoms. The van der Waals surface area contributed by atoms with E-state index in [1.165, 1.54) is 22.9 Å². The number of nitrogens with zero attached hydrogens (tertiary/aromatic N) is 4. The molecule has 3 rings (SSSR count). The van der Waals surface area contributed by atoms with Crippen LogP contribution in [0.3, 0.4) is 0 Å². The molecule has 2 heterocycles. The number of benzene rings is 1. The quantitative estimate of drug-likeness (QED) is 0.813. The second-order valence-corrected chi connectivity index (χ2v) is 6.68. The Morgan fingerprint density at radius 3 is 2.86 bits per heavy atom. The first kappa shape index (κ1) is 15.1. The van der Waals surface area contributed by atoms with Gasteiger partial charge in [-0.2, -0.15) is 0 Å². The van der Waals surface area contributed by atoms with Crippen molar-refractivity contribution in [2.75, 3.05) is 12.3 Å². The maximum Gasteiger partial charge on any atom is 0.233 e. The SMILES string of the molecule is CC(C)n1cnnc1SCC(=O)N1CCc2ccccc2C1. The molecule has 5 nitrogen and oxygen atoms in total. The van der Waals surface area contributed by atoms with Crippen LogP contribution in [0.2, 0.25) is 0 Å². The van der Waals surface area contributed by atoms with Crippen molar-refractivity contribution < 1.29 is 4.79 Å². The monoisotopic (exact) mass is 316 g/mol. The minimum atomic E-state index is 0.165. The highest BCUT2D eigenvalue weighted by molar-refractivity contribution is 7.99. The number of fused-ring (bicyclic) bond motifs is 1. The highest BCUT2D eigenvalue weighted by Gasteiger charge is 2.21. The Hall–Kier alpha value is -1.82. The van der Waals surface area contributed by atoms with E-state index in [0.717, 1.165) is 18.1 Å². The first-order valence-corrected chi connectivity index (χ1v) is 8.50. The fraction of sp³-hybridized carbons (Fsp3) is 0.438. The Morgan fingerprint density at radius 1 is 1.32 bits per heavy atom. The Labute approximate surface area is 134 Å². The molecule has 0 fully saturated rings. The summed E-state index contributed by atoms with van der Waals surface area (Å²) in [6.45, 7) is 5.67. The third-order valence-corrected chi connectivity index (χ3v) is 4.85. The second-order valence-electron chi connectivity index (χ2n) is 5.74. The van der Waals surface area contributed by atoms with Crippen LogP contribution in [0.15, 0.2) is 35.7 Å². The molecule has 0 N–H and O–H groups in total. The lowest BCUT2D eigenvalue weighted by atomic mass is 10.00. The van der Waals surface area contributed by atoms with Crippen LogP contribution in [0.4, 0.5) is 0 Å². The van der Waals surface area contributed by atoms with Gasteiger partial charge >= 0.3 is 0 Å². The number of carbonyl (C=O) groups is 1. The number of thioether (sulfide) groups is 1.